The van der Waals surface area contributed by atoms with Gasteiger partial charge in [0.2, 0.25) is 0 Å². The Morgan fingerprint density at radius 2 is 1.63 bits per heavy atom. The Labute approximate surface area is 347 Å². The zero-order valence-corrected chi connectivity index (χ0v) is 34.3. The summed E-state index contributed by atoms with van der Waals surface area (Å²) in [5, 5.41) is 40.2. The predicted octanol–water partition coefficient (Wildman–Crippen LogP) is 3.91. The third-order valence-electron chi connectivity index (χ3n) is 12.7. The van der Waals surface area contributed by atoms with Gasteiger partial charge in [-0.1, -0.05) is 62.4 Å². The molecule has 1 amide bonds. The van der Waals surface area contributed by atoms with Gasteiger partial charge in [0.05, 0.1) is 39.8 Å². The topological polar surface area (TPSA) is 213 Å². The van der Waals surface area contributed by atoms with Crippen LogP contribution in [0.15, 0.2) is 71.8 Å². The molecule has 1 heterocycles. The number of benzene rings is 2. The number of nitrogens with one attached hydrogen (secondary N) is 1. The Balaban J connectivity index is 1.53. The van der Waals surface area contributed by atoms with Gasteiger partial charge in [-0.05, 0) is 63.5 Å². The second-order valence-electron chi connectivity index (χ2n) is 17.7. The van der Waals surface area contributed by atoms with Gasteiger partial charge in [-0.3, -0.25) is 9.59 Å². The standard InChI is InChI=1S/C44H55NO14/c1-23-27(56-38(51)33(48)31(25-16-12-10-13-17-25)45-39(52)59-40(3,4)5)21-44(53)36(57-37(50)26-18-14-11-15-19-26)34-42(8,35(49)32(47)30(23)41(44,6)7)28(54-9)20-29-43(34,22-55-29)58-24(2)46/h10-19,27-29,31-34,36,47-48,53H,20-22H2,1-9H3,(H,45,52)/t27-,28-,29+,31-,32+,33+,34-,36-,42+,43-,44+/m0/s1/i9D3. The fraction of sp³-hybridized carbons (Fsp3) is 0.568. The summed E-state index contributed by atoms with van der Waals surface area (Å²) in [4.78, 5) is 69.8. The van der Waals surface area contributed by atoms with E-state index in [9.17, 15) is 34.5 Å². The number of carbonyl (C=O) groups is 5. The van der Waals surface area contributed by atoms with Gasteiger partial charge in [0.25, 0.3) is 0 Å². The van der Waals surface area contributed by atoms with Crippen molar-refractivity contribution in [2.45, 2.75) is 128 Å². The van der Waals surface area contributed by atoms with Crippen LogP contribution >= 0.6 is 0 Å². The molecular weight excluding hydrogens is 766 g/mol. The summed E-state index contributed by atoms with van der Waals surface area (Å²) in [6.45, 7) is 11.4. The number of aliphatic hydroxyl groups is 3. The first-order valence-corrected chi connectivity index (χ1v) is 19.5. The molecule has 0 unspecified atom stereocenters. The molecule has 15 nitrogen and oxygen atoms in total. The van der Waals surface area contributed by atoms with Gasteiger partial charge >= 0.3 is 24.0 Å². The quantitative estimate of drug-likeness (QED) is 0.160. The summed E-state index contributed by atoms with van der Waals surface area (Å²) in [5.41, 5.74) is -8.88. The van der Waals surface area contributed by atoms with Crippen molar-refractivity contribution >= 4 is 29.8 Å². The number of hydrogen-bond acceptors (Lipinski definition) is 14. The Kier molecular flexibility index (Phi) is 10.6. The molecule has 3 fully saturated rings. The number of esters is 3. The molecule has 11 atom stereocenters. The number of rotatable bonds is 9. The van der Waals surface area contributed by atoms with E-state index in [0.29, 0.717) is 5.56 Å². The maximum absolute atomic E-state index is 15.3. The lowest BCUT2D eigenvalue weighted by Gasteiger charge is -2.67. The molecule has 15 heteroatoms. The van der Waals surface area contributed by atoms with Crippen molar-refractivity contribution in [2.75, 3.05) is 13.6 Å². The average Bonchev–Trinajstić information content (AvgIpc) is 3.17. The summed E-state index contributed by atoms with van der Waals surface area (Å²) in [6.07, 6.45) is -12.3. The summed E-state index contributed by atoms with van der Waals surface area (Å²) in [6, 6.07) is 14.3. The van der Waals surface area contributed by atoms with Crippen LogP contribution in [-0.2, 0) is 42.8 Å². The first-order valence-electron chi connectivity index (χ1n) is 21.0. The van der Waals surface area contributed by atoms with Crippen LogP contribution in [0.3, 0.4) is 0 Å². The molecule has 3 aliphatic carbocycles. The van der Waals surface area contributed by atoms with Crippen LogP contribution < -0.4 is 5.32 Å². The Morgan fingerprint density at radius 3 is 2.19 bits per heavy atom. The molecule has 6 rings (SSSR count). The average molecular weight is 825 g/mol. The molecule has 4 N–H and O–H groups in total. The van der Waals surface area contributed by atoms with Crippen LogP contribution in [-0.4, -0.2) is 112 Å². The van der Waals surface area contributed by atoms with E-state index < -0.39 is 119 Å². The van der Waals surface area contributed by atoms with Gasteiger partial charge < -0.3 is 49.1 Å². The van der Waals surface area contributed by atoms with E-state index in [2.05, 4.69) is 5.32 Å². The maximum atomic E-state index is 15.3. The SMILES string of the molecule is [2H]C([2H])([2H])O[C@H]1C[C@H]2OC[C@@]2(OC(C)=O)[C@H]2[C@H](OC(=O)c3ccccc3)[C@]3(O)C[C@H](OC(=O)[C@H](O)[C@@H](NC(=O)OC(C)(C)C)c4ccccc4)C(C)=C([C@@H](O)C(=O)[C@]12C)C3(C)C. The summed E-state index contributed by atoms with van der Waals surface area (Å²) in [5.74, 6) is -5.79. The van der Waals surface area contributed by atoms with E-state index in [0.717, 1.165) is 6.92 Å². The number of ether oxygens (including phenoxy) is 6. The normalized spacial score (nSPS) is 34.3. The Hall–Kier alpha value is -4.67. The van der Waals surface area contributed by atoms with Gasteiger partial charge in [-0.25, -0.2) is 14.4 Å². The van der Waals surface area contributed by atoms with E-state index in [-0.39, 0.29) is 29.7 Å². The van der Waals surface area contributed by atoms with Crippen molar-refractivity contribution in [3.05, 3.63) is 82.9 Å². The van der Waals surface area contributed by atoms with Crippen LogP contribution in [0.2, 0.25) is 0 Å². The molecule has 1 aliphatic heterocycles. The number of fused-ring (bicyclic) bond motifs is 5. The van der Waals surface area contributed by atoms with E-state index in [1.807, 2.05) is 0 Å². The molecule has 2 aromatic carbocycles. The van der Waals surface area contributed by atoms with Crippen LogP contribution in [0.4, 0.5) is 4.79 Å². The molecule has 2 saturated carbocycles. The van der Waals surface area contributed by atoms with Gasteiger partial charge in [0, 0.05) is 32.2 Å². The smallest absolute Gasteiger partial charge is 0.408 e. The first-order chi connectivity index (χ1) is 28.7. The van der Waals surface area contributed by atoms with E-state index in [1.165, 1.54) is 39.8 Å². The van der Waals surface area contributed by atoms with Gasteiger partial charge in [0.15, 0.2) is 17.5 Å². The van der Waals surface area contributed by atoms with Crippen molar-refractivity contribution < 1.29 is 71.8 Å². The van der Waals surface area contributed by atoms with Gasteiger partial charge in [-0.2, -0.15) is 0 Å². The predicted molar refractivity (Wildman–Crippen MR) is 208 cm³/mol. The summed E-state index contributed by atoms with van der Waals surface area (Å²) < 4.78 is 59.5. The van der Waals surface area contributed by atoms with Gasteiger partial charge in [0.1, 0.15) is 35.6 Å². The lowest BCUT2D eigenvalue weighted by Crippen LogP contribution is -2.82. The highest BCUT2D eigenvalue weighted by atomic mass is 16.6. The van der Waals surface area contributed by atoms with Crippen molar-refractivity contribution in [3.8, 4) is 0 Å². The van der Waals surface area contributed by atoms with Crippen LogP contribution in [0, 0.1) is 16.7 Å². The Morgan fingerprint density at radius 1 is 1.00 bits per heavy atom. The maximum Gasteiger partial charge on any atom is 0.408 e. The highest BCUT2D eigenvalue weighted by Crippen LogP contribution is 2.64. The first kappa shape index (κ1) is 39.8. The van der Waals surface area contributed by atoms with Crippen molar-refractivity contribution in [1.29, 1.82) is 0 Å². The minimum absolute atomic E-state index is 0.0244. The minimum atomic E-state index is -3.11. The third kappa shape index (κ3) is 7.45. The number of amides is 1. The highest BCUT2D eigenvalue weighted by Gasteiger charge is 2.78. The molecule has 0 radical (unpaired) electrons. The van der Waals surface area contributed by atoms with Crippen molar-refractivity contribution in [3.63, 3.8) is 0 Å². The lowest BCUT2D eigenvalue weighted by atomic mass is 9.44. The number of carbonyl (C=O) groups excluding carboxylic acids is 5. The second kappa shape index (κ2) is 15.7. The van der Waals surface area contributed by atoms with Crippen LogP contribution in [0.5, 0.6) is 0 Å². The lowest BCUT2D eigenvalue weighted by molar-refractivity contribution is -0.347. The number of aliphatic hydroxyl groups excluding tert-OH is 2. The molecule has 1 saturated heterocycles. The molecular formula is C44H55NO14. The Bertz CT molecular complexity index is 2110. The van der Waals surface area contributed by atoms with Crippen molar-refractivity contribution in [2.24, 2.45) is 16.7 Å². The molecule has 4 aliphatic rings. The van der Waals surface area contributed by atoms with Crippen LogP contribution in [0.1, 0.15) is 94.3 Å². The third-order valence-corrected chi connectivity index (χ3v) is 12.7. The van der Waals surface area contributed by atoms with Crippen LogP contribution in [0.25, 0.3) is 0 Å². The number of alkyl carbamates (subject to hydrolysis) is 1. The molecule has 2 bridgehead atoms. The summed E-state index contributed by atoms with van der Waals surface area (Å²) in [7, 11) is -3.11. The van der Waals surface area contributed by atoms with E-state index in [1.54, 1.807) is 69.3 Å². The van der Waals surface area contributed by atoms with Gasteiger partial charge in [-0.15, -0.1) is 0 Å². The number of methoxy groups -OCH3 is 1. The molecule has 0 spiro atoms. The molecule has 59 heavy (non-hydrogen) atoms. The molecule has 0 aromatic heterocycles. The summed E-state index contributed by atoms with van der Waals surface area (Å²) >= 11 is 0. The largest absolute Gasteiger partial charge is 0.456 e. The fourth-order valence-electron chi connectivity index (χ4n) is 9.71. The minimum Gasteiger partial charge on any atom is -0.456 e. The monoisotopic (exact) mass is 824 g/mol. The molecule has 2 aromatic rings. The zero-order chi connectivity index (χ0) is 46.0. The number of ketones is 1. The van der Waals surface area contributed by atoms with Crippen molar-refractivity contribution in [1.82, 2.24) is 5.32 Å². The molecule has 320 valence electrons. The number of Topliss-reactive ketones (excluding diaryl/α,β-unsaturated/α-hetero) is 1. The fourth-order valence-corrected chi connectivity index (χ4v) is 9.71. The zero-order valence-electron chi connectivity index (χ0n) is 37.3. The van der Waals surface area contributed by atoms with E-state index >= 15 is 4.79 Å². The second-order valence-corrected chi connectivity index (χ2v) is 17.7. The van der Waals surface area contributed by atoms with E-state index in [4.69, 9.17) is 32.5 Å². The highest BCUT2D eigenvalue weighted by molar-refractivity contribution is 5.94. The number of hydrogen-bond donors (Lipinski definition) is 4.